The summed E-state index contributed by atoms with van der Waals surface area (Å²) in [7, 11) is 0. The van der Waals surface area contributed by atoms with E-state index in [2.05, 4.69) is 32.6 Å². The number of fused-ring (bicyclic) bond motifs is 3. The van der Waals surface area contributed by atoms with E-state index < -0.39 is 6.10 Å². The summed E-state index contributed by atoms with van der Waals surface area (Å²) in [5.41, 5.74) is 5.39. The first-order valence-corrected chi connectivity index (χ1v) is 13.0. The number of aromatic nitrogens is 4. The lowest BCUT2D eigenvalue weighted by molar-refractivity contribution is -0.138. The van der Waals surface area contributed by atoms with Gasteiger partial charge in [0, 0.05) is 18.7 Å². The van der Waals surface area contributed by atoms with Crippen LogP contribution in [0.1, 0.15) is 67.7 Å². The van der Waals surface area contributed by atoms with Gasteiger partial charge in [-0.05, 0) is 91.2 Å². The molecule has 1 atom stereocenters. The SMILES string of the molecule is CC1=C(N2CCC3(CCN(C[C@H](O)c4cc5c(cc4C4CC4)-c4nnnn4C5)CC3)C2=O)COC1=O. The fourth-order valence-electron chi connectivity index (χ4n) is 6.52. The number of amides is 1. The van der Waals surface area contributed by atoms with Gasteiger partial charge in [-0.3, -0.25) is 4.79 Å². The Morgan fingerprint density at radius 3 is 2.67 bits per heavy atom. The van der Waals surface area contributed by atoms with Crippen LogP contribution in [-0.2, 0) is 20.9 Å². The Morgan fingerprint density at radius 2 is 1.94 bits per heavy atom. The average Bonchev–Trinajstić information content (AvgIpc) is 3.25. The number of benzene rings is 1. The molecule has 1 aliphatic carbocycles. The van der Waals surface area contributed by atoms with Crippen molar-refractivity contribution in [1.82, 2.24) is 30.0 Å². The molecule has 1 aromatic carbocycles. The number of tetrazole rings is 1. The topological polar surface area (TPSA) is 114 Å². The monoisotopic (exact) mass is 490 g/mol. The number of ether oxygens (including phenoxy) is 1. The number of aliphatic hydroxyl groups excluding tert-OH is 1. The van der Waals surface area contributed by atoms with Crippen molar-refractivity contribution in [2.45, 2.75) is 57.6 Å². The van der Waals surface area contributed by atoms with Gasteiger partial charge in [0.1, 0.15) is 6.61 Å². The molecule has 0 radical (unpaired) electrons. The number of likely N-dealkylation sites (tertiary alicyclic amines) is 2. The highest BCUT2D eigenvalue weighted by Crippen LogP contribution is 2.47. The Bertz CT molecular complexity index is 1300. The molecule has 10 nitrogen and oxygen atoms in total. The first-order chi connectivity index (χ1) is 17.4. The van der Waals surface area contributed by atoms with Crippen LogP contribution in [0.15, 0.2) is 23.4 Å². The molecule has 2 saturated heterocycles. The third-order valence-corrected chi connectivity index (χ3v) is 8.94. The van der Waals surface area contributed by atoms with Crippen LogP contribution in [-0.4, -0.2) is 79.8 Å². The number of hydrogen-bond donors (Lipinski definition) is 1. The van der Waals surface area contributed by atoms with Gasteiger partial charge in [-0.25, -0.2) is 9.48 Å². The lowest BCUT2D eigenvalue weighted by Gasteiger charge is -2.39. The number of carbonyl (C=O) groups is 2. The van der Waals surface area contributed by atoms with Crippen molar-refractivity contribution in [3.63, 3.8) is 0 Å². The molecule has 1 amide bonds. The molecule has 0 bridgehead atoms. The third-order valence-electron chi connectivity index (χ3n) is 8.94. The summed E-state index contributed by atoms with van der Waals surface area (Å²) in [6, 6.07) is 4.35. The number of nitrogens with zero attached hydrogens (tertiary/aromatic N) is 6. The molecule has 2 aromatic rings. The number of hydrogen-bond acceptors (Lipinski definition) is 8. The predicted octanol–water partition coefficient (Wildman–Crippen LogP) is 1.76. The maximum atomic E-state index is 13.4. The number of piperidine rings is 1. The van der Waals surface area contributed by atoms with Crippen LogP contribution < -0.4 is 0 Å². The highest BCUT2D eigenvalue weighted by atomic mass is 16.5. The van der Waals surface area contributed by atoms with Gasteiger partial charge in [-0.2, -0.15) is 0 Å². The zero-order chi connectivity index (χ0) is 24.6. The first-order valence-electron chi connectivity index (χ1n) is 13.0. The number of cyclic esters (lactones) is 1. The van der Waals surface area contributed by atoms with E-state index in [1.807, 2.05) is 4.68 Å². The van der Waals surface area contributed by atoms with E-state index >= 15 is 0 Å². The average molecular weight is 491 g/mol. The molecule has 1 N–H and O–H groups in total. The van der Waals surface area contributed by atoms with Gasteiger partial charge in [0.05, 0.1) is 29.3 Å². The van der Waals surface area contributed by atoms with E-state index in [4.69, 9.17) is 4.74 Å². The normalized spacial score (nSPS) is 24.0. The summed E-state index contributed by atoms with van der Waals surface area (Å²) in [4.78, 5) is 29.3. The summed E-state index contributed by atoms with van der Waals surface area (Å²) < 4.78 is 6.95. The molecule has 1 spiro atoms. The lowest BCUT2D eigenvalue weighted by Crippen LogP contribution is -2.45. The minimum atomic E-state index is -0.579. The molecular formula is C26H30N6O4. The van der Waals surface area contributed by atoms with Crippen LogP contribution >= 0.6 is 0 Å². The zero-order valence-corrected chi connectivity index (χ0v) is 20.4. The highest BCUT2D eigenvalue weighted by Gasteiger charge is 2.50. The fraction of sp³-hybridized carbons (Fsp3) is 0.577. The van der Waals surface area contributed by atoms with Crippen LogP contribution in [0.3, 0.4) is 0 Å². The predicted molar refractivity (Wildman–Crippen MR) is 127 cm³/mol. The van der Waals surface area contributed by atoms with Crippen LogP contribution in [0.5, 0.6) is 0 Å². The minimum Gasteiger partial charge on any atom is -0.456 e. The molecule has 1 saturated carbocycles. The quantitative estimate of drug-likeness (QED) is 0.539. The van der Waals surface area contributed by atoms with Gasteiger partial charge in [0.15, 0.2) is 5.82 Å². The van der Waals surface area contributed by atoms with Crippen molar-refractivity contribution in [2.75, 3.05) is 32.8 Å². The second-order valence-corrected chi connectivity index (χ2v) is 11.0. The summed E-state index contributed by atoms with van der Waals surface area (Å²) in [6.45, 7) is 5.33. The molecule has 4 aliphatic heterocycles. The number of esters is 1. The minimum absolute atomic E-state index is 0.130. The number of aliphatic hydroxyl groups is 1. The summed E-state index contributed by atoms with van der Waals surface area (Å²) in [5.74, 6) is 1.12. The Kier molecular flexibility index (Phi) is 4.88. The molecule has 3 fully saturated rings. The van der Waals surface area contributed by atoms with Crippen molar-refractivity contribution < 1.29 is 19.4 Å². The maximum Gasteiger partial charge on any atom is 0.336 e. The molecule has 5 aliphatic rings. The smallest absolute Gasteiger partial charge is 0.336 e. The first kappa shape index (κ1) is 22.1. The van der Waals surface area contributed by atoms with E-state index in [1.165, 1.54) is 5.56 Å². The van der Waals surface area contributed by atoms with Gasteiger partial charge in [0.25, 0.3) is 0 Å². The van der Waals surface area contributed by atoms with Crippen LogP contribution in [0.4, 0.5) is 0 Å². The van der Waals surface area contributed by atoms with Crippen LogP contribution in [0.25, 0.3) is 11.4 Å². The van der Waals surface area contributed by atoms with Crippen molar-refractivity contribution >= 4 is 11.9 Å². The molecular weight excluding hydrogens is 460 g/mol. The van der Waals surface area contributed by atoms with Gasteiger partial charge < -0.3 is 19.6 Å². The molecule has 7 rings (SSSR count). The summed E-state index contributed by atoms with van der Waals surface area (Å²) in [5, 5.41) is 23.4. The van der Waals surface area contributed by atoms with Crippen molar-refractivity contribution in [2.24, 2.45) is 5.41 Å². The summed E-state index contributed by atoms with van der Waals surface area (Å²) in [6.07, 6.45) is 4.08. The molecule has 188 valence electrons. The van der Waals surface area contributed by atoms with E-state index in [9.17, 15) is 14.7 Å². The van der Waals surface area contributed by atoms with Crippen molar-refractivity contribution in [1.29, 1.82) is 0 Å². The molecule has 10 heteroatoms. The maximum absolute atomic E-state index is 13.4. The van der Waals surface area contributed by atoms with E-state index in [0.29, 0.717) is 31.1 Å². The van der Waals surface area contributed by atoms with Crippen LogP contribution in [0.2, 0.25) is 0 Å². The Labute approximate surface area is 208 Å². The Hall–Kier alpha value is -3.11. The lowest BCUT2D eigenvalue weighted by atomic mass is 9.77. The molecule has 36 heavy (non-hydrogen) atoms. The van der Waals surface area contributed by atoms with Gasteiger partial charge in [0.2, 0.25) is 5.91 Å². The van der Waals surface area contributed by atoms with Gasteiger partial charge in [-0.15, -0.1) is 5.10 Å². The number of β-amino-alcohol motifs (C(OH)–C–C–N with tert-alkyl or cyclic N) is 1. The van der Waals surface area contributed by atoms with Crippen LogP contribution in [0, 0.1) is 5.41 Å². The van der Waals surface area contributed by atoms with E-state index in [1.54, 1.807) is 11.8 Å². The second kappa shape index (κ2) is 7.94. The van der Waals surface area contributed by atoms with Gasteiger partial charge >= 0.3 is 5.97 Å². The highest BCUT2D eigenvalue weighted by molar-refractivity contribution is 5.94. The molecule has 1 aromatic heterocycles. The standard InChI is InChI=1S/C26H30N6O4/c1-15-21(14-36-24(15)34)31-9-6-26(25(31)35)4-7-30(8-5-26)13-22(33)20-10-17-12-32-23(27-28-29-32)19(17)11-18(20)16-2-3-16/h10-11,16,22,33H,2-9,12-14H2,1H3/t22-/m0/s1. The van der Waals surface area contributed by atoms with Gasteiger partial charge in [-0.1, -0.05) is 6.07 Å². The Morgan fingerprint density at radius 1 is 1.17 bits per heavy atom. The van der Waals surface area contributed by atoms with Crippen molar-refractivity contribution in [3.8, 4) is 11.4 Å². The zero-order valence-electron chi connectivity index (χ0n) is 20.4. The van der Waals surface area contributed by atoms with E-state index in [-0.39, 0.29) is 23.9 Å². The number of carbonyl (C=O) groups excluding carboxylic acids is 2. The number of rotatable bonds is 5. The molecule has 0 unspecified atom stereocenters. The van der Waals surface area contributed by atoms with Crippen molar-refractivity contribution in [3.05, 3.63) is 40.1 Å². The second-order valence-electron chi connectivity index (χ2n) is 11.0. The fourth-order valence-corrected chi connectivity index (χ4v) is 6.52. The summed E-state index contributed by atoms with van der Waals surface area (Å²) >= 11 is 0. The van der Waals surface area contributed by atoms with E-state index in [0.717, 1.165) is 73.4 Å². The third kappa shape index (κ3) is 3.34. The Balaban J connectivity index is 1.05. The largest absolute Gasteiger partial charge is 0.456 e. The molecule has 5 heterocycles.